The molecule has 142 valence electrons. The first-order valence-corrected chi connectivity index (χ1v) is 9.42. The van der Waals surface area contributed by atoms with Crippen LogP contribution in [0, 0.1) is 0 Å². The van der Waals surface area contributed by atoms with Gasteiger partial charge >= 0.3 is 0 Å². The predicted octanol–water partition coefficient (Wildman–Crippen LogP) is 1.53. The Kier molecular flexibility index (Phi) is 8.10. The third-order valence-corrected chi connectivity index (χ3v) is 5.31. The number of nitrogens with one attached hydrogen (secondary N) is 1. The second-order valence-corrected chi connectivity index (χ2v) is 8.39. The average molecular weight is 482 g/mol. The zero-order valence-electron chi connectivity index (χ0n) is 14.9. The smallest absolute Gasteiger partial charge is 0.241 e. The van der Waals surface area contributed by atoms with Crippen molar-refractivity contribution in [3.8, 4) is 0 Å². The molecule has 3 N–H and O–H groups in total. The molecule has 2 rings (SSSR count). The Hall–Kier alpha value is -0.910. The summed E-state index contributed by atoms with van der Waals surface area (Å²) in [5.74, 6) is 0.411. The van der Waals surface area contributed by atoms with Gasteiger partial charge in [-0.3, -0.25) is 0 Å². The van der Waals surface area contributed by atoms with Crippen LogP contribution in [0.5, 0.6) is 0 Å². The van der Waals surface area contributed by atoms with Gasteiger partial charge in [-0.1, -0.05) is 18.2 Å². The van der Waals surface area contributed by atoms with E-state index in [0.717, 1.165) is 0 Å². The van der Waals surface area contributed by atoms with Crippen molar-refractivity contribution in [3.05, 3.63) is 29.8 Å². The molecule has 0 amide bonds. The molecule has 0 atom stereocenters. The Balaban J connectivity index is 0.00000312. The molecule has 1 aromatic carbocycles. The zero-order chi connectivity index (χ0) is 17.8. The van der Waals surface area contributed by atoms with Crippen molar-refractivity contribution in [2.75, 3.05) is 26.3 Å². The molecule has 0 bridgehead atoms. The van der Waals surface area contributed by atoms with E-state index in [1.807, 2.05) is 25.7 Å². The third kappa shape index (κ3) is 6.72. The van der Waals surface area contributed by atoms with Crippen molar-refractivity contribution >= 4 is 40.0 Å². The number of hydrogen-bond donors (Lipinski definition) is 2. The number of sulfonamides is 1. The van der Waals surface area contributed by atoms with Crippen LogP contribution in [-0.2, 0) is 21.3 Å². The van der Waals surface area contributed by atoms with Crippen LogP contribution in [0.15, 0.2) is 34.2 Å². The van der Waals surface area contributed by atoms with Gasteiger partial charge in [0.25, 0.3) is 0 Å². The van der Waals surface area contributed by atoms with Gasteiger partial charge in [0.15, 0.2) is 5.96 Å². The molecule has 1 aliphatic heterocycles. The highest BCUT2D eigenvalue weighted by Gasteiger charge is 2.24. The van der Waals surface area contributed by atoms with Crippen LogP contribution in [0.3, 0.4) is 0 Å². The fraction of sp³-hybridized carbons (Fsp3) is 0.562. The lowest BCUT2D eigenvalue weighted by Crippen LogP contribution is -2.44. The highest BCUT2D eigenvalue weighted by molar-refractivity contribution is 14.0. The fourth-order valence-corrected chi connectivity index (χ4v) is 4.06. The van der Waals surface area contributed by atoms with Gasteiger partial charge in [-0.25, -0.2) is 18.1 Å². The Morgan fingerprint density at radius 3 is 2.48 bits per heavy atom. The molecule has 0 unspecified atom stereocenters. The van der Waals surface area contributed by atoms with Crippen LogP contribution < -0.4 is 10.5 Å². The molecular formula is C16H27IN4O3S. The topological polar surface area (TPSA) is 97.0 Å². The Bertz CT molecular complexity index is 696. The number of halogens is 1. The maximum Gasteiger partial charge on any atom is 0.241 e. The van der Waals surface area contributed by atoms with Crippen LogP contribution >= 0.6 is 24.0 Å². The molecule has 0 radical (unpaired) electrons. The molecule has 0 aliphatic carbocycles. The van der Waals surface area contributed by atoms with Crippen LogP contribution in [0.4, 0.5) is 0 Å². The summed E-state index contributed by atoms with van der Waals surface area (Å²) in [6.07, 6.45) is 0. The van der Waals surface area contributed by atoms with Crippen molar-refractivity contribution < 1.29 is 13.2 Å². The molecule has 1 saturated heterocycles. The molecule has 7 nitrogen and oxygen atoms in total. The Morgan fingerprint density at radius 2 is 1.88 bits per heavy atom. The van der Waals surface area contributed by atoms with E-state index >= 15 is 0 Å². The van der Waals surface area contributed by atoms with E-state index in [9.17, 15) is 8.42 Å². The Labute approximate surface area is 167 Å². The van der Waals surface area contributed by atoms with Crippen LogP contribution in [0.1, 0.15) is 26.3 Å². The first-order valence-electron chi connectivity index (χ1n) is 7.93. The highest BCUT2D eigenvalue weighted by Crippen LogP contribution is 2.18. The molecule has 1 aromatic rings. The fourth-order valence-electron chi connectivity index (χ4n) is 2.41. The summed E-state index contributed by atoms with van der Waals surface area (Å²) in [5, 5.41) is 0. The maximum atomic E-state index is 12.6. The second kappa shape index (κ2) is 9.15. The van der Waals surface area contributed by atoms with Crippen molar-refractivity contribution in [1.29, 1.82) is 0 Å². The summed E-state index contributed by atoms with van der Waals surface area (Å²) in [6.45, 7) is 8.27. The minimum Gasteiger partial charge on any atom is -0.378 e. The highest BCUT2D eigenvalue weighted by atomic mass is 127. The molecule has 1 fully saturated rings. The molecule has 25 heavy (non-hydrogen) atoms. The quantitative estimate of drug-likeness (QED) is 0.386. The molecule has 1 aliphatic rings. The van der Waals surface area contributed by atoms with Crippen molar-refractivity contribution in [2.45, 2.75) is 37.8 Å². The minimum atomic E-state index is -3.62. The standard InChI is InChI=1S/C16H26N4O3S.HI/c1-16(2,3)19-24(21,22)14-7-5-4-6-13(14)12-18-15(17)20-8-10-23-11-9-20;/h4-7,19H,8-12H2,1-3H3,(H2,17,18);1H. The van der Waals surface area contributed by atoms with E-state index in [2.05, 4.69) is 9.71 Å². The molecule has 0 aromatic heterocycles. The number of benzene rings is 1. The van der Waals surface area contributed by atoms with Gasteiger partial charge in [0, 0.05) is 18.6 Å². The zero-order valence-corrected chi connectivity index (χ0v) is 18.0. The van der Waals surface area contributed by atoms with E-state index in [0.29, 0.717) is 37.8 Å². The van der Waals surface area contributed by atoms with Crippen LogP contribution in [0.2, 0.25) is 0 Å². The number of ether oxygens (including phenoxy) is 1. The predicted molar refractivity (Wildman–Crippen MR) is 110 cm³/mol. The summed E-state index contributed by atoms with van der Waals surface area (Å²) < 4.78 is 33.1. The summed E-state index contributed by atoms with van der Waals surface area (Å²) >= 11 is 0. The maximum absolute atomic E-state index is 12.6. The molecule has 0 spiro atoms. The van der Waals surface area contributed by atoms with Gasteiger partial charge in [0.05, 0.1) is 24.7 Å². The number of rotatable bonds is 4. The molecule has 1 heterocycles. The van der Waals surface area contributed by atoms with Crippen LogP contribution in [-0.4, -0.2) is 51.1 Å². The van der Waals surface area contributed by atoms with Gasteiger partial charge in [0.2, 0.25) is 10.0 Å². The van der Waals surface area contributed by atoms with Gasteiger partial charge in [0.1, 0.15) is 0 Å². The summed E-state index contributed by atoms with van der Waals surface area (Å²) in [6, 6.07) is 6.85. The number of morpholine rings is 1. The van der Waals surface area contributed by atoms with Crippen molar-refractivity contribution in [1.82, 2.24) is 9.62 Å². The van der Waals surface area contributed by atoms with Gasteiger partial charge in [-0.05, 0) is 32.4 Å². The monoisotopic (exact) mass is 482 g/mol. The second-order valence-electron chi connectivity index (χ2n) is 6.74. The minimum absolute atomic E-state index is 0. The van der Waals surface area contributed by atoms with E-state index in [1.165, 1.54) is 0 Å². The molecule has 0 saturated carbocycles. The first kappa shape index (κ1) is 22.1. The van der Waals surface area contributed by atoms with Gasteiger partial charge in [-0.2, -0.15) is 0 Å². The van der Waals surface area contributed by atoms with Gasteiger partial charge < -0.3 is 15.4 Å². The van der Waals surface area contributed by atoms with Crippen LogP contribution in [0.25, 0.3) is 0 Å². The number of guanidine groups is 1. The van der Waals surface area contributed by atoms with Crippen molar-refractivity contribution in [3.63, 3.8) is 0 Å². The number of nitrogens with two attached hydrogens (primary N) is 1. The normalized spacial score (nSPS) is 16.4. The largest absolute Gasteiger partial charge is 0.378 e. The van der Waals surface area contributed by atoms with E-state index < -0.39 is 15.6 Å². The lowest BCUT2D eigenvalue weighted by atomic mass is 10.1. The lowest BCUT2D eigenvalue weighted by Gasteiger charge is -2.27. The van der Waals surface area contributed by atoms with Crippen molar-refractivity contribution in [2.24, 2.45) is 10.7 Å². The summed E-state index contributed by atoms with van der Waals surface area (Å²) in [4.78, 5) is 6.53. The lowest BCUT2D eigenvalue weighted by molar-refractivity contribution is 0.0674. The Morgan fingerprint density at radius 1 is 1.28 bits per heavy atom. The third-order valence-electron chi connectivity index (χ3n) is 3.45. The van der Waals surface area contributed by atoms with E-state index in [-0.39, 0.29) is 35.4 Å². The summed E-state index contributed by atoms with van der Waals surface area (Å²) in [7, 11) is -3.62. The molecular weight excluding hydrogens is 455 g/mol. The van der Waals surface area contributed by atoms with Gasteiger partial charge in [-0.15, -0.1) is 24.0 Å². The average Bonchev–Trinajstić information content (AvgIpc) is 2.51. The first-order chi connectivity index (χ1) is 11.2. The SMILES string of the molecule is CC(C)(C)NS(=O)(=O)c1ccccc1CN=C(N)N1CCOCC1.I. The summed E-state index contributed by atoms with van der Waals surface area (Å²) in [5.41, 5.74) is 6.08. The molecule has 9 heteroatoms. The van der Waals surface area contributed by atoms with E-state index in [1.54, 1.807) is 24.3 Å². The number of nitrogens with zero attached hydrogens (tertiary/aromatic N) is 2. The number of hydrogen-bond acceptors (Lipinski definition) is 4. The number of aliphatic imine (C=N–C) groups is 1. The van der Waals surface area contributed by atoms with E-state index in [4.69, 9.17) is 10.5 Å².